The van der Waals surface area contributed by atoms with Crippen LogP contribution in [0.4, 0.5) is 0 Å². The lowest BCUT2D eigenvalue weighted by atomic mass is 10.3. The third-order valence-corrected chi connectivity index (χ3v) is 4.98. The van der Waals surface area contributed by atoms with Crippen molar-refractivity contribution in [1.29, 1.82) is 0 Å². The summed E-state index contributed by atoms with van der Waals surface area (Å²) < 4.78 is 2.21. The van der Waals surface area contributed by atoms with Crippen molar-refractivity contribution in [3.63, 3.8) is 0 Å². The van der Waals surface area contributed by atoms with Gasteiger partial charge in [-0.25, -0.2) is 15.0 Å². The standard InChI is InChI=1S/C16H20N6S/c1-20-5-7-21(8-6-20)10-15-19-14-3-2-4-17-16(14)22(15)9-13-11-23-12-18-13/h2-4,11-12H,5-10H2,1H3. The number of fused-ring (bicyclic) bond motifs is 1. The van der Waals surface area contributed by atoms with E-state index in [1.54, 1.807) is 11.3 Å². The Morgan fingerprint density at radius 3 is 2.78 bits per heavy atom. The first-order valence-electron chi connectivity index (χ1n) is 7.88. The van der Waals surface area contributed by atoms with E-state index in [1.807, 2.05) is 23.8 Å². The maximum Gasteiger partial charge on any atom is 0.160 e. The number of likely N-dealkylation sites (N-methyl/N-ethyl adjacent to an activating group) is 1. The van der Waals surface area contributed by atoms with Crippen molar-refractivity contribution in [2.24, 2.45) is 0 Å². The van der Waals surface area contributed by atoms with Gasteiger partial charge in [0.15, 0.2) is 5.65 Å². The molecule has 0 saturated carbocycles. The highest BCUT2D eigenvalue weighted by atomic mass is 32.1. The largest absolute Gasteiger partial charge is 0.305 e. The van der Waals surface area contributed by atoms with E-state index >= 15 is 0 Å². The molecule has 3 aromatic rings. The highest BCUT2D eigenvalue weighted by Crippen LogP contribution is 2.18. The smallest absolute Gasteiger partial charge is 0.160 e. The van der Waals surface area contributed by atoms with E-state index in [0.29, 0.717) is 0 Å². The molecule has 0 aliphatic carbocycles. The lowest BCUT2D eigenvalue weighted by Gasteiger charge is -2.32. The van der Waals surface area contributed by atoms with Crippen molar-refractivity contribution in [2.75, 3.05) is 33.2 Å². The fourth-order valence-corrected chi connectivity index (χ4v) is 3.53. The summed E-state index contributed by atoms with van der Waals surface area (Å²) in [6, 6.07) is 3.98. The number of rotatable bonds is 4. The van der Waals surface area contributed by atoms with Crippen LogP contribution >= 0.6 is 11.3 Å². The third-order valence-electron chi connectivity index (χ3n) is 4.35. The molecule has 0 amide bonds. The van der Waals surface area contributed by atoms with Crippen LogP contribution in [0, 0.1) is 0 Å². The summed E-state index contributed by atoms with van der Waals surface area (Å²) in [5, 5.41) is 2.09. The van der Waals surface area contributed by atoms with Gasteiger partial charge in [-0.05, 0) is 19.2 Å². The van der Waals surface area contributed by atoms with Gasteiger partial charge >= 0.3 is 0 Å². The van der Waals surface area contributed by atoms with Crippen molar-refractivity contribution in [3.8, 4) is 0 Å². The number of piperazine rings is 1. The summed E-state index contributed by atoms with van der Waals surface area (Å²) in [5.41, 5.74) is 4.86. The topological polar surface area (TPSA) is 50.1 Å². The molecule has 3 aromatic heterocycles. The lowest BCUT2D eigenvalue weighted by molar-refractivity contribution is 0.144. The molecule has 1 aliphatic rings. The van der Waals surface area contributed by atoms with Crippen LogP contribution in [0.5, 0.6) is 0 Å². The molecule has 0 bridgehead atoms. The van der Waals surface area contributed by atoms with E-state index in [-0.39, 0.29) is 0 Å². The second-order valence-corrected chi connectivity index (χ2v) is 6.74. The minimum Gasteiger partial charge on any atom is -0.305 e. The van der Waals surface area contributed by atoms with Crippen LogP contribution in [0.3, 0.4) is 0 Å². The van der Waals surface area contributed by atoms with E-state index in [0.717, 1.165) is 62.0 Å². The molecule has 7 heteroatoms. The predicted octanol–water partition coefficient (Wildman–Crippen LogP) is 1.68. The van der Waals surface area contributed by atoms with Gasteiger partial charge in [-0.15, -0.1) is 11.3 Å². The zero-order valence-electron chi connectivity index (χ0n) is 13.2. The zero-order valence-corrected chi connectivity index (χ0v) is 14.0. The lowest BCUT2D eigenvalue weighted by Crippen LogP contribution is -2.44. The quantitative estimate of drug-likeness (QED) is 0.729. The fraction of sp³-hybridized carbons (Fsp3) is 0.438. The van der Waals surface area contributed by atoms with Crippen LogP contribution < -0.4 is 0 Å². The van der Waals surface area contributed by atoms with Crippen molar-refractivity contribution in [3.05, 3.63) is 40.7 Å². The number of hydrogen-bond donors (Lipinski definition) is 0. The molecule has 0 aromatic carbocycles. The molecule has 23 heavy (non-hydrogen) atoms. The molecule has 1 fully saturated rings. The Morgan fingerprint density at radius 2 is 2.00 bits per heavy atom. The molecule has 0 atom stereocenters. The Kier molecular flexibility index (Phi) is 4.07. The highest BCUT2D eigenvalue weighted by Gasteiger charge is 2.19. The van der Waals surface area contributed by atoms with E-state index in [4.69, 9.17) is 4.98 Å². The van der Waals surface area contributed by atoms with E-state index in [1.165, 1.54) is 0 Å². The minimum absolute atomic E-state index is 0.736. The summed E-state index contributed by atoms with van der Waals surface area (Å²) in [6.45, 7) is 6.01. The molecular formula is C16H20N6S. The number of aromatic nitrogens is 4. The summed E-state index contributed by atoms with van der Waals surface area (Å²) in [4.78, 5) is 18.6. The van der Waals surface area contributed by atoms with Crippen LogP contribution in [-0.4, -0.2) is 62.5 Å². The summed E-state index contributed by atoms with van der Waals surface area (Å²) in [6.07, 6.45) is 1.83. The molecule has 1 aliphatic heterocycles. The van der Waals surface area contributed by atoms with Crippen LogP contribution in [0.15, 0.2) is 29.2 Å². The Bertz CT molecular complexity index is 773. The average molecular weight is 328 g/mol. The first kappa shape index (κ1) is 14.7. The first-order chi connectivity index (χ1) is 11.3. The van der Waals surface area contributed by atoms with Gasteiger partial charge in [0.2, 0.25) is 0 Å². The van der Waals surface area contributed by atoms with Gasteiger partial charge in [0.1, 0.15) is 11.3 Å². The minimum atomic E-state index is 0.736. The monoisotopic (exact) mass is 328 g/mol. The highest BCUT2D eigenvalue weighted by molar-refractivity contribution is 7.07. The number of nitrogens with zero attached hydrogens (tertiary/aromatic N) is 6. The number of thiazole rings is 1. The van der Waals surface area contributed by atoms with E-state index in [9.17, 15) is 0 Å². The Hall–Kier alpha value is -1.83. The van der Waals surface area contributed by atoms with E-state index in [2.05, 4.69) is 36.8 Å². The van der Waals surface area contributed by atoms with Gasteiger partial charge in [0.25, 0.3) is 0 Å². The summed E-state index contributed by atoms with van der Waals surface area (Å²) in [7, 11) is 2.18. The molecule has 0 spiro atoms. The van der Waals surface area contributed by atoms with Crippen LogP contribution in [-0.2, 0) is 13.1 Å². The van der Waals surface area contributed by atoms with Gasteiger partial charge < -0.3 is 9.47 Å². The molecule has 4 heterocycles. The van der Waals surface area contributed by atoms with Gasteiger partial charge in [0, 0.05) is 37.8 Å². The molecule has 6 nitrogen and oxygen atoms in total. The van der Waals surface area contributed by atoms with Gasteiger partial charge in [-0.2, -0.15) is 0 Å². The number of hydrogen-bond acceptors (Lipinski definition) is 6. The van der Waals surface area contributed by atoms with Crippen molar-refractivity contribution in [1.82, 2.24) is 29.3 Å². The van der Waals surface area contributed by atoms with Crippen molar-refractivity contribution < 1.29 is 0 Å². The maximum absolute atomic E-state index is 4.83. The van der Waals surface area contributed by atoms with Crippen molar-refractivity contribution >= 4 is 22.5 Å². The molecule has 120 valence electrons. The van der Waals surface area contributed by atoms with Gasteiger partial charge in [-0.1, -0.05) is 0 Å². The molecule has 0 radical (unpaired) electrons. The summed E-state index contributed by atoms with van der Waals surface area (Å²) >= 11 is 1.63. The SMILES string of the molecule is CN1CCN(Cc2nc3cccnc3n2Cc2cscn2)CC1. The molecule has 1 saturated heterocycles. The first-order valence-corrected chi connectivity index (χ1v) is 8.82. The van der Waals surface area contributed by atoms with Crippen LogP contribution in [0.1, 0.15) is 11.5 Å². The Labute approximate surface area is 139 Å². The van der Waals surface area contributed by atoms with E-state index < -0.39 is 0 Å². The predicted molar refractivity (Wildman–Crippen MR) is 91.5 cm³/mol. The normalized spacial score (nSPS) is 17.1. The van der Waals surface area contributed by atoms with Crippen molar-refractivity contribution in [2.45, 2.75) is 13.1 Å². The molecule has 0 N–H and O–H groups in total. The van der Waals surface area contributed by atoms with Gasteiger partial charge in [0.05, 0.1) is 24.3 Å². The summed E-state index contributed by atoms with van der Waals surface area (Å²) in [5.74, 6) is 1.08. The second-order valence-electron chi connectivity index (χ2n) is 6.02. The Morgan fingerprint density at radius 1 is 1.13 bits per heavy atom. The van der Waals surface area contributed by atoms with Crippen LogP contribution in [0.25, 0.3) is 11.2 Å². The van der Waals surface area contributed by atoms with Crippen LogP contribution in [0.2, 0.25) is 0 Å². The van der Waals surface area contributed by atoms with Gasteiger partial charge in [-0.3, -0.25) is 4.90 Å². The number of pyridine rings is 1. The molecule has 0 unspecified atom stereocenters. The number of imidazole rings is 1. The second kappa shape index (κ2) is 6.35. The Balaban J connectivity index is 1.64. The molecular weight excluding hydrogens is 308 g/mol. The fourth-order valence-electron chi connectivity index (χ4n) is 2.98. The zero-order chi connectivity index (χ0) is 15.6. The maximum atomic E-state index is 4.83. The third kappa shape index (κ3) is 3.12. The molecule has 4 rings (SSSR count). The average Bonchev–Trinajstić information content (AvgIpc) is 3.19.